The second-order valence-corrected chi connectivity index (χ2v) is 21.6. The van der Waals surface area contributed by atoms with E-state index < -0.39 is 29.5 Å². The minimum absolute atomic E-state index is 0.00979. The number of halogens is 2. The van der Waals surface area contributed by atoms with E-state index in [1.165, 1.54) is 4.90 Å². The highest BCUT2D eigenvalue weighted by atomic mass is 35.5. The molecule has 3 unspecified atom stereocenters. The number of aliphatic hydroxyl groups excluding tert-OH is 1. The number of aryl methyl sites for hydroxylation is 3. The lowest BCUT2D eigenvalue weighted by molar-refractivity contribution is -0.144. The van der Waals surface area contributed by atoms with Gasteiger partial charge < -0.3 is 58.9 Å². The number of imidazole rings is 1. The number of likely N-dealkylation sites (tertiary alicyclic amines) is 1. The Hall–Kier alpha value is -5.48. The van der Waals surface area contributed by atoms with E-state index in [4.69, 9.17) is 56.6 Å². The van der Waals surface area contributed by atoms with E-state index >= 15 is 0 Å². The molecule has 5 aromatic rings. The van der Waals surface area contributed by atoms with Crippen molar-refractivity contribution in [2.24, 2.45) is 5.41 Å². The number of hydrogen-bond acceptors (Lipinski definition) is 14. The summed E-state index contributed by atoms with van der Waals surface area (Å²) in [5.74, 6) is 0.398. The Morgan fingerprint density at radius 3 is 2.06 bits per heavy atom. The van der Waals surface area contributed by atoms with Crippen molar-refractivity contribution in [1.29, 1.82) is 0 Å². The summed E-state index contributed by atoms with van der Waals surface area (Å²) in [5, 5.41) is 20.2. The van der Waals surface area contributed by atoms with E-state index in [0.29, 0.717) is 75.3 Å². The molecule has 3 aromatic carbocycles. The molecule has 0 spiro atoms. The minimum Gasteiger partial charge on any atom is -0.491 e. The number of hydrogen-bond donors (Lipinski definition) is 4. The maximum Gasteiger partial charge on any atom is 0.246 e. The van der Waals surface area contributed by atoms with Crippen molar-refractivity contribution in [3.8, 4) is 27.4 Å². The summed E-state index contributed by atoms with van der Waals surface area (Å²) in [7, 11) is 0. The Balaban J connectivity index is 0.707. The minimum atomic E-state index is -0.936. The van der Waals surface area contributed by atoms with Gasteiger partial charge >= 0.3 is 0 Å². The molecule has 21 heteroatoms. The molecule has 416 valence electrons. The van der Waals surface area contributed by atoms with E-state index in [-0.39, 0.29) is 69.8 Å². The summed E-state index contributed by atoms with van der Waals surface area (Å²) in [5.41, 5.74) is 7.44. The molecule has 18 nitrogen and oxygen atoms in total. The molecular weight excluding hydrogens is 1050 g/mol. The van der Waals surface area contributed by atoms with Crippen LogP contribution in [-0.2, 0) is 75.3 Å². The van der Waals surface area contributed by atoms with Crippen molar-refractivity contribution < 1.29 is 52.7 Å². The second kappa shape index (κ2) is 29.5. The van der Waals surface area contributed by atoms with E-state index in [1.54, 1.807) is 29.5 Å². The summed E-state index contributed by atoms with van der Waals surface area (Å²) in [6, 6.07) is 17.1. The van der Waals surface area contributed by atoms with Crippen LogP contribution >= 0.6 is 34.5 Å². The Labute approximate surface area is 464 Å². The summed E-state index contributed by atoms with van der Waals surface area (Å²) < 4.78 is 36.5. The van der Waals surface area contributed by atoms with Crippen molar-refractivity contribution in [3.63, 3.8) is 0 Å². The smallest absolute Gasteiger partial charge is 0.246 e. The predicted octanol–water partition coefficient (Wildman–Crippen LogP) is 6.75. The molecule has 77 heavy (non-hydrogen) atoms. The number of nitrogens with one attached hydrogen (secondary N) is 3. The number of carbonyl (C=O) groups excluding carboxylic acids is 4. The van der Waals surface area contributed by atoms with E-state index in [9.17, 15) is 24.3 Å². The first kappa shape index (κ1) is 59.2. The first-order valence-electron chi connectivity index (χ1n) is 26.1. The maximum atomic E-state index is 14.0. The lowest BCUT2D eigenvalue weighted by Crippen LogP contribution is -2.57. The third kappa shape index (κ3) is 18.0. The van der Waals surface area contributed by atoms with Gasteiger partial charge in [-0.1, -0.05) is 74.3 Å². The van der Waals surface area contributed by atoms with Gasteiger partial charge in [-0.25, -0.2) is 9.97 Å². The average Bonchev–Trinajstić information content (AvgIpc) is 4.23. The fraction of sp³-hybridized carbons (Fsp3) is 0.500. The lowest BCUT2D eigenvalue weighted by Gasteiger charge is -2.35. The van der Waals surface area contributed by atoms with Crippen LogP contribution in [0.25, 0.3) is 21.7 Å². The molecule has 0 radical (unpaired) electrons. The number of rotatable bonds is 30. The first-order valence-corrected chi connectivity index (χ1v) is 27.7. The Morgan fingerprint density at radius 1 is 0.779 bits per heavy atom. The molecule has 4 heterocycles. The van der Waals surface area contributed by atoms with Crippen LogP contribution in [0.1, 0.15) is 68.2 Å². The summed E-state index contributed by atoms with van der Waals surface area (Å²) in [4.78, 5) is 65.0. The number of fused-ring (bicyclic) bond motifs is 1. The third-order valence-corrected chi connectivity index (χ3v) is 14.7. The highest BCUT2D eigenvalue weighted by molar-refractivity contribution is 7.13. The lowest BCUT2D eigenvalue weighted by atomic mass is 9.85. The highest BCUT2D eigenvalue weighted by Gasteiger charge is 2.44. The van der Waals surface area contributed by atoms with Gasteiger partial charge in [-0.15, -0.1) is 11.3 Å². The van der Waals surface area contributed by atoms with Crippen LogP contribution in [0.4, 0.5) is 0 Å². The number of benzene rings is 3. The van der Waals surface area contributed by atoms with E-state index in [2.05, 4.69) is 31.7 Å². The van der Waals surface area contributed by atoms with Gasteiger partial charge in [0.05, 0.1) is 110 Å². The molecule has 0 saturated carbocycles. The largest absolute Gasteiger partial charge is 0.491 e. The van der Waals surface area contributed by atoms with Gasteiger partial charge in [0.1, 0.15) is 30.3 Å². The topological polar surface area (TPSA) is 214 Å². The van der Waals surface area contributed by atoms with Crippen molar-refractivity contribution >= 4 is 58.2 Å². The van der Waals surface area contributed by atoms with Crippen LogP contribution in [0.3, 0.4) is 0 Å². The Kier molecular flexibility index (Phi) is 22.7. The van der Waals surface area contributed by atoms with Gasteiger partial charge in [-0.3, -0.25) is 19.2 Å². The monoisotopic (exact) mass is 1120 g/mol. The zero-order valence-electron chi connectivity index (χ0n) is 44.3. The molecule has 7 rings (SSSR count). The van der Waals surface area contributed by atoms with Crippen molar-refractivity contribution in [2.75, 3.05) is 79.2 Å². The fourth-order valence-corrected chi connectivity index (χ4v) is 10.0. The third-order valence-electron chi connectivity index (χ3n) is 13.0. The number of thiazole rings is 1. The van der Waals surface area contributed by atoms with Crippen molar-refractivity contribution in [3.05, 3.63) is 111 Å². The molecule has 1 fully saturated rings. The molecule has 2 aliphatic rings. The number of β-amino-alcohol motifs (C(OH)–C–C–N with tert-alkyl or cyclic N) is 1. The Bertz CT molecular complexity index is 2710. The standard InChI is InChI=1S/C56H71Cl2N7O11S/c1-37-52(77-36-61-37)40-10-7-38(8-11-40)32-60-54(69)47-31-43(66)34-65(47)55(70)53(56(2,3)4)63-50(67)15-17-71-18-19-72-20-21-73-22-23-74-24-25-75-26-27-76-48-14-12-41(46-35-64-16-5-6-49(64)62-46)30-42(48)33-59-51(68)29-39-9-13-44(57)45(58)28-39/h7-14,28,30,35-36,43,47,53,66H,5-6,15-27,29,31-34H2,1-4H3,(H,59,68)(H,60,69)(H,63,67). The van der Waals surface area contributed by atoms with Crippen molar-refractivity contribution in [1.82, 2.24) is 35.4 Å². The first-order chi connectivity index (χ1) is 37.1. The molecule has 2 aromatic heterocycles. The second-order valence-electron chi connectivity index (χ2n) is 20.0. The van der Waals surface area contributed by atoms with Gasteiger partial charge in [0.15, 0.2) is 0 Å². The van der Waals surface area contributed by atoms with E-state index in [0.717, 1.165) is 69.3 Å². The van der Waals surface area contributed by atoms with E-state index in [1.807, 2.05) is 75.7 Å². The number of aliphatic hydroxyl groups is 1. The summed E-state index contributed by atoms with van der Waals surface area (Å²) in [6.45, 7) is 12.6. The molecule has 3 atom stereocenters. The van der Waals surface area contributed by atoms with Gasteiger partial charge in [-0.2, -0.15) is 0 Å². The zero-order valence-corrected chi connectivity index (χ0v) is 46.6. The van der Waals surface area contributed by atoms with Crippen LogP contribution in [-0.4, -0.2) is 146 Å². The average molecular weight is 1120 g/mol. The number of nitrogens with zero attached hydrogens (tertiary/aromatic N) is 4. The molecular formula is C56H71Cl2N7O11S. The van der Waals surface area contributed by atoms with Crippen molar-refractivity contribution in [2.45, 2.75) is 97.6 Å². The van der Waals surface area contributed by atoms with Crippen LogP contribution in [0.2, 0.25) is 10.0 Å². The summed E-state index contributed by atoms with van der Waals surface area (Å²) >= 11 is 13.8. The quantitative estimate of drug-likeness (QED) is 0.0351. The SMILES string of the molecule is Cc1ncsc1-c1ccc(CNC(=O)C2CC(O)CN2C(=O)C(NC(=O)CCOCCOCCOCCOCCOCCOc2ccc(-c3cn4c(n3)CCC4)cc2CNC(=O)Cc2ccc(Cl)c(Cl)c2)C(C)(C)C)cc1. The molecule has 4 amide bonds. The normalized spacial score (nSPS) is 15.6. The van der Waals surface area contributed by atoms with Crippen LogP contribution in [0, 0.1) is 12.3 Å². The summed E-state index contributed by atoms with van der Waals surface area (Å²) in [6.07, 6.45) is 3.54. The number of carbonyl (C=O) groups is 4. The molecule has 2 aliphatic heterocycles. The van der Waals surface area contributed by atoms with Gasteiger partial charge in [0, 0.05) is 62.8 Å². The predicted molar refractivity (Wildman–Crippen MR) is 294 cm³/mol. The number of amides is 4. The number of aromatic nitrogens is 3. The van der Waals surface area contributed by atoms with Crippen LogP contribution in [0.15, 0.2) is 72.4 Å². The number of ether oxygens (including phenoxy) is 6. The zero-order chi connectivity index (χ0) is 54.7. The molecule has 0 bridgehead atoms. The molecule has 1 saturated heterocycles. The highest BCUT2D eigenvalue weighted by Crippen LogP contribution is 2.31. The van der Waals surface area contributed by atoms with Gasteiger partial charge in [-0.05, 0) is 65.8 Å². The maximum absolute atomic E-state index is 14.0. The van der Waals surface area contributed by atoms with Crippen LogP contribution < -0.4 is 20.7 Å². The van der Waals surface area contributed by atoms with Crippen LogP contribution in [0.5, 0.6) is 5.75 Å². The van der Waals surface area contributed by atoms with Gasteiger partial charge in [0.2, 0.25) is 23.6 Å². The molecule has 0 aliphatic carbocycles. The fourth-order valence-electron chi connectivity index (χ4n) is 8.87. The van der Waals surface area contributed by atoms with Gasteiger partial charge in [0.25, 0.3) is 0 Å². The molecule has 4 N–H and O–H groups in total. The Morgan fingerprint density at radius 2 is 1.43 bits per heavy atom.